The zero-order chi connectivity index (χ0) is 16.2. The molecule has 0 saturated carbocycles. The fraction of sp³-hybridized carbons (Fsp3) is 0.444. The van der Waals surface area contributed by atoms with E-state index in [4.69, 9.17) is 0 Å². The van der Waals surface area contributed by atoms with Gasteiger partial charge in [0.05, 0.1) is 12.2 Å². The molecular weight excluding hydrogens is 290 g/mol. The maximum absolute atomic E-state index is 13.2. The minimum absolute atomic E-state index is 0.0338. The summed E-state index contributed by atoms with van der Waals surface area (Å²) < 4.78 is 0. The van der Waals surface area contributed by atoms with Gasteiger partial charge in [-0.3, -0.25) is 9.59 Å². The SMILES string of the molecule is CCCN1CC(=O)N2CCc3c([nH]c4ccccc34)[C@@]2(C)C1=O. The molecule has 0 bridgehead atoms. The van der Waals surface area contributed by atoms with Crippen LogP contribution in [0.2, 0.25) is 0 Å². The highest BCUT2D eigenvalue weighted by Gasteiger charge is 2.53. The highest BCUT2D eigenvalue weighted by atomic mass is 16.2. The topological polar surface area (TPSA) is 56.4 Å². The Labute approximate surface area is 135 Å². The molecule has 23 heavy (non-hydrogen) atoms. The molecule has 1 fully saturated rings. The molecule has 2 aliphatic heterocycles. The molecular formula is C18H21N3O2. The third-order valence-electron chi connectivity index (χ3n) is 5.25. The Morgan fingerprint density at radius 1 is 1.26 bits per heavy atom. The van der Waals surface area contributed by atoms with Crippen molar-refractivity contribution in [2.75, 3.05) is 19.6 Å². The van der Waals surface area contributed by atoms with E-state index in [1.165, 1.54) is 5.56 Å². The molecule has 1 atom stereocenters. The van der Waals surface area contributed by atoms with Gasteiger partial charge in [0.25, 0.3) is 5.91 Å². The molecule has 1 aromatic carbocycles. The number of hydrogen-bond acceptors (Lipinski definition) is 2. The number of aromatic nitrogens is 1. The number of fused-ring (bicyclic) bond motifs is 5. The highest BCUT2D eigenvalue weighted by Crippen LogP contribution is 2.41. The lowest BCUT2D eigenvalue weighted by atomic mass is 9.83. The minimum atomic E-state index is -0.906. The van der Waals surface area contributed by atoms with Crippen LogP contribution in [-0.4, -0.2) is 46.2 Å². The predicted octanol–water partition coefficient (Wildman–Crippen LogP) is 2.02. The van der Waals surface area contributed by atoms with E-state index in [-0.39, 0.29) is 18.4 Å². The number of rotatable bonds is 2. The van der Waals surface area contributed by atoms with Crippen LogP contribution in [0.5, 0.6) is 0 Å². The molecule has 0 spiro atoms. The first-order chi connectivity index (χ1) is 11.1. The van der Waals surface area contributed by atoms with E-state index in [1.807, 2.05) is 32.0 Å². The van der Waals surface area contributed by atoms with Gasteiger partial charge in [-0.2, -0.15) is 0 Å². The van der Waals surface area contributed by atoms with Crippen LogP contribution in [0.15, 0.2) is 24.3 Å². The minimum Gasteiger partial charge on any atom is -0.356 e. The van der Waals surface area contributed by atoms with Crippen molar-refractivity contribution in [3.05, 3.63) is 35.5 Å². The zero-order valence-corrected chi connectivity index (χ0v) is 13.6. The number of aromatic amines is 1. The largest absolute Gasteiger partial charge is 0.356 e. The number of carbonyl (C=O) groups excluding carboxylic acids is 2. The maximum Gasteiger partial charge on any atom is 0.254 e. The lowest BCUT2D eigenvalue weighted by Gasteiger charge is -2.49. The van der Waals surface area contributed by atoms with Gasteiger partial charge in [-0.15, -0.1) is 0 Å². The summed E-state index contributed by atoms with van der Waals surface area (Å²) in [5.41, 5.74) is 2.20. The first kappa shape index (κ1) is 14.3. The molecule has 2 aromatic rings. The first-order valence-corrected chi connectivity index (χ1v) is 8.27. The standard InChI is InChI=1S/C18H21N3O2/c1-3-9-20-11-15(22)21-10-8-13-12-6-4-5-7-14(12)19-16(13)18(21,2)17(20)23/h4-7,19H,3,8-11H2,1-2H3/t18-/m0/s1. The lowest BCUT2D eigenvalue weighted by molar-refractivity contribution is -0.165. The molecule has 1 N–H and O–H groups in total. The van der Waals surface area contributed by atoms with Crippen molar-refractivity contribution in [2.24, 2.45) is 0 Å². The summed E-state index contributed by atoms with van der Waals surface area (Å²) in [5, 5.41) is 1.16. The van der Waals surface area contributed by atoms with E-state index in [0.717, 1.165) is 29.4 Å². The van der Waals surface area contributed by atoms with Crippen molar-refractivity contribution < 1.29 is 9.59 Å². The maximum atomic E-state index is 13.2. The number of carbonyl (C=O) groups is 2. The molecule has 2 aliphatic rings. The van der Waals surface area contributed by atoms with Crippen LogP contribution in [0.4, 0.5) is 0 Å². The molecule has 1 saturated heterocycles. The highest BCUT2D eigenvalue weighted by molar-refractivity contribution is 6.00. The summed E-state index contributed by atoms with van der Waals surface area (Å²) >= 11 is 0. The lowest BCUT2D eigenvalue weighted by Crippen LogP contribution is -2.66. The third kappa shape index (κ3) is 1.79. The van der Waals surface area contributed by atoms with Crippen LogP contribution in [0.1, 0.15) is 31.5 Å². The van der Waals surface area contributed by atoms with E-state index in [9.17, 15) is 9.59 Å². The van der Waals surface area contributed by atoms with E-state index >= 15 is 0 Å². The van der Waals surface area contributed by atoms with Crippen molar-refractivity contribution in [2.45, 2.75) is 32.2 Å². The average Bonchev–Trinajstić information content (AvgIpc) is 2.93. The van der Waals surface area contributed by atoms with Gasteiger partial charge in [0, 0.05) is 24.0 Å². The quantitative estimate of drug-likeness (QED) is 0.922. The molecule has 1 aromatic heterocycles. The molecule has 4 rings (SSSR count). The Hall–Kier alpha value is -2.30. The molecule has 0 radical (unpaired) electrons. The smallest absolute Gasteiger partial charge is 0.254 e. The number of hydrogen-bond donors (Lipinski definition) is 1. The van der Waals surface area contributed by atoms with Gasteiger partial charge in [0.1, 0.15) is 0 Å². The van der Waals surface area contributed by atoms with Crippen LogP contribution in [0.25, 0.3) is 10.9 Å². The van der Waals surface area contributed by atoms with Crippen LogP contribution < -0.4 is 0 Å². The van der Waals surface area contributed by atoms with Gasteiger partial charge < -0.3 is 14.8 Å². The molecule has 5 heteroatoms. The monoisotopic (exact) mass is 311 g/mol. The zero-order valence-electron chi connectivity index (χ0n) is 13.6. The van der Waals surface area contributed by atoms with Gasteiger partial charge in [-0.1, -0.05) is 25.1 Å². The molecule has 3 heterocycles. The summed E-state index contributed by atoms with van der Waals surface area (Å²) in [5.74, 6) is 0.0799. The molecule has 0 unspecified atom stereocenters. The number of H-pyrrole nitrogens is 1. The Kier molecular flexibility index (Phi) is 3.01. The van der Waals surface area contributed by atoms with Crippen LogP contribution in [-0.2, 0) is 21.5 Å². The van der Waals surface area contributed by atoms with Gasteiger partial charge >= 0.3 is 0 Å². The molecule has 120 valence electrons. The van der Waals surface area contributed by atoms with Crippen molar-refractivity contribution >= 4 is 22.7 Å². The van der Waals surface area contributed by atoms with Gasteiger partial charge in [-0.05, 0) is 31.4 Å². The van der Waals surface area contributed by atoms with E-state index in [2.05, 4.69) is 11.1 Å². The number of para-hydroxylation sites is 1. The number of nitrogens with one attached hydrogen (secondary N) is 1. The normalized spacial score (nSPS) is 24.1. The van der Waals surface area contributed by atoms with E-state index in [0.29, 0.717) is 13.1 Å². The van der Waals surface area contributed by atoms with Crippen molar-refractivity contribution in [1.29, 1.82) is 0 Å². The van der Waals surface area contributed by atoms with Gasteiger partial charge in [-0.25, -0.2) is 0 Å². The number of benzene rings is 1. The Bertz CT molecular complexity index is 810. The van der Waals surface area contributed by atoms with Gasteiger partial charge in [0.2, 0.25) is 5.91 Å². The second-order valence-corrected chi connectivity index (χ2v) is 6.62. The predicted molar refractivity (Wildman–Crippen MR) is 87.9 cm³/mol. The fourth-order valence-electron chi connectivity index (χ4n) is 4.13. The second-order valence-electron chi connectivity index (χ2n) is 6.62. The Morgan fingerprint density at radius 3 is 2.83 bits per heavy atom. The van der Waals surface area contributed by atoms with E-state index in [1.54, 1.807) is 9.80 Å². The van der Waals surface area contributed by atoms with Crippen LogP contribution in [0, 0.1) is 0 Å². The molecule has 5 nitrogen and oxygen atoms in total. The third-order valence-corrected chi connectivity index (χ3v) is 5.25. The molecule has 0 aliphatic carbocycles. The van der Waals surface area contributed by atoms with Crippen molar-refractivity contribution in [3.8, 4) is 0 Å². The summed E-state index contributed by atoms with van der Waals surface area (Å²) in [7, 11) is 0. The summed E-state index contributed by atoms with van der Waals surface area (Å²) in [6.45, 7) is 5.36. The number of piperazine rings is 1. The Morgan fingerprint density at radius 2 is 2.04 bits per heavy atom. The van der Waals surface area contributed by atoms with Crippen molar-refractivity contribution in [1.82, 2.24) is 14.8 Å². The summed E-state index contributed by atoms with van der Waals surface area (Å²) in [6, 6.07) is 8.12. The first-order valence-electron chi connectivity index (χ1n) is 8.27. The average molecular weight is 311 g/mol. The molecule has 2 amide bonds. The van der Waals surface area contributed by atoms with E-state index < -0.39 is 5.54 Å². The Balaban J connectivity index is 1.91. The second kappa shape index (κ2) is 4.85. The number of amides is 2. The summed E-state index contributed by atoms with van der Waals surface area (Å²) in [6.07, 6.45) is 1.65. The number of nitrogens with zero attached hydrogens (tertiary/aromatic N) is 2. The van der Waals surface area contributed by atoms with Crippen LogP contribution in [0.3, 0.4) is 0 Å². The summed E-state index contributed by atoms with van der Waals surface area (Å²) in [4.78, 5) is 32.7. The fourth-order valence-corrected chi connectivity index (χ4v) is 4.13. The van der Waals surface area contributed by atoms with Gasteiger partial charge in [0.15, 0.2) is 5.54 Å². The van der Waals surface area contributed by atoms with Crippen molar-refractivity contribution in [3.63, 3.8) is 0 Å². The van der Waals surface area contributed by atoms with Crippen LogP contribution >= 0.6 is 0 Å².